The van der Waals surface area contributed by atoms with E-state index in [0.29, 0.717) is 0 Å². The number of hydrogen-bond acceptors (Lipinski definition) is 2. The van der Waals surface area contributed by atoms with Crippen molar-refractivity contribution in [2.45, 2.75) is 19.3 Å². The van der Waals surface area contributed by atoms with E-state index >= 15 is 0 Å². The van der Waals surface area contributed by atoms with Gasteiger partial charge in [-0.15, -0.1) is 0 Å². The normalized spacial score (nSPS) is 11.6. The molecule has 0 aliphatic rings. The molecule has 2 aromatic heterocycles. The monoisotopic (exact) mass is 365 g/mol. The number of hydrogen-bond donors (Lipinski definition) is 2. The molecule has 5 aromatic rings. The van der Waals surface area contributed by atoms with Crippen molar-refractivity contribution in [3.05, 3.63) is 78.5 Å². The molecule has 0 aliphatic carbocycles. The minimum absolute atomic E-state index is 0.735. The fourth-order valence-corrected chi connectivity index (χ4v) is 4.25. The quantitative estimate of drug-likeness (QED) is 0.386. The van der Waals surface area contributed by atoms with Crippen LogP contribution in [0, 0.1) is 0 Å². The average Bonchev–Trinajstić information content (AvgIpc) is 3.12. The van der Waals surface area contributed by atoms with E-state index in [0.717, 1.165) is 31.3 Å². The summed E-state index contributed by atoms with van der Waals surface area (Å²) in [5.41, 5.74) is 11.8. The molecule has 0 bridgehead atoms. The van der Waals surface area contributed by atoms with Gasteiger partial charge < -0.3 is 10.7 Å². The van der Waals surface area contributed by atoms with Crippen LogP contribution in [0.25, 0.3) is 43.8 Å². The Balaban J connectivity index is 1.81. The van der Waals surface area contributed by atoms with Crippen LogP contribution in [0.15, 0.2) is 72.9 Å². The lowest BCUT2D eigenvalue weighted by molar-refractivity contribution is 0.748. The smallest absolute Gasteiger partial charge is 0.0708 e. The molecule has 2 heterocycles. The standard InChI is InChI=1S/C25H23N3/c26-15-4-3-9-21-22-14-13-17-7-1-2-8-18(17)24(22)28-25(21)20-10-5-12-23-19(20)11-6-16-27-23/h1-2,5-8,10-14,16,28H,3-4,9,15,26H2. The SMILES string of the molecule is NCCCCc1c(-c2cccc3ncccc23)[nH]c2c1ccc1ccccc12. The molecule has 3 heteroatoms. The number of aromatic amines is 1. The van der Waals surface area contributed by atoms with E-state index in [9.17, 15) is 0 Å². The summed E-state index contributed by atoms with van der Waals surface area (Å²) in [5, 5.41) is 5.02. The van der Waals surface area contributed by atoms with Crippen LogP contribution in [0.5, 0.6) is 0 Å². The number of nitrogens with one attached hydrogen (secondary N) is 1. The van der Waals surface area contributed by atoms with Gasteiger partial charge in [-0.2, -0.15) is 0 Å². The third-order valence-corrected chi connectivity index (χ3v) is 5.60. The van der Waals surface area contributed by atoms with E-state index in [1.807, 2.05) is 12.3 Å². The molecular formula is C25H23N3. The van der Waals surface area contributed by atoms with Crippen LogP contribution in [-0.2, 0) is 6.42 Å². The Hall–Kier alpha value is -3.17. The van der Waals surface area contributed by atoms with Crippen molar-refractivity contribution in [1.82, 2.24) is 9.97 Å². The van der Waals surface area contributed by atoms with Crippen LogP contribution < -0.4 is 5.73 Å². The van der Waals surface area contributed by atoms with Crippen molar-refractivity contribution < 1.29 is 0 Å². The number of nitrogens with zero attached hydrogens (tertiary/aromatic N) is 1. The minimum Gasteiger partial charge on any atom is -0.354 e. The highest BCUT2D eigenvalue weighted by molar-refractivity contribution is 6.10. The Bertz CT molecular complexity index is 1280. The predicted molar refractivity (Wildman–Crippen MR) is 119 cm³/mol. The van der Waals surface area contributed by atoms with Gasteiger partial charge in [-0.3, -0.25) is 4.98 Å². The van der Waals surface area contributed by atoms with Crippen LogP contribution >= 0.6 is 0 Å². The summed E-state index contributed by atoms with van der Waals surface area (Å²) in [4.78, 5) is 8.33. The molecule has 0 fully saturated rings. The summed E-state index contributed by atoms with van der Waals surface area (Å²) >= 11 is 0. The number of nitrogens with two attached hydrogens (primary N) is 1. The summed E-state index contributed by atoms with van der Waals surface area (Å²) in [7, 11) is 0. The third-order valence-electron chi connectivity index (χ3n) is 5.60. The van der Waals surface area contributed by atoms with Crippen LogP contribution in [-0.4, -0.2) is 16.5 Å². The number of fused-ring (bicyclic) bond motifs is 4. The van der Waals surface area contributed by atoms with E-state index in [1.54, 1.807) is 0 Å². The molecule has 0 radical (unpaired) electrons. The van der Waals surface area contributed by atoms with Gasteiger partial charge in [0.25, 0.3) is 0 Å². The highest BCUT2D eigenvalue weighted by Gasteiger charge is 2.16. The molecule has 0 atom stereocenters. The first kappa shape index (κ1) is 17.0. The molecule has 0 amide bonds. The molecule has 28 heavy (non-hydrogen) atoms. The van der Waals surface area contributed by atoms with Crippen LogP contribution in [0.4, 0.5) is 0 Å². The number of aryl methyl sites for hydroxylation is 1. The third kappa shape index (κ3) is 2.76. The van der Waals surface area contributed by atoms with Crippen molar-refractivity contribution in [1.29, 1.82) is 0 Å². The maximum absolute atomic E-state index is 5.76. The Labute approximate surface area is 164 Å². The fraction of sp³-hybridized carbons (Fsp3) is 0.160. The Morgan fingerprint density at radius 2 is 1.68 bits per heavy atom. The summed E-state index contributed by atoms with van der Waals surface area (Å²) in [5.74, 6) is 0. The Morgan fingerprint density at radius 1 is 0.786 bits per heavy atom. The van der Waals surface area contributed by atoms with Gasteiger partial charge in [-0.1, -0.05) is 54.6 Å². The van der Waals surface area contributed by atoms with Crippen LogP contribution in [0.1, 0.15) is 18.4 Å². The number of aromatic nitrogens is 2. The van der Waals surface area contributed by atoms with E-state index in [-0.39, 0.29) is 0 Å². The van der Waals surface area contributed by atoms with Crippen molar-refractivity contribution in [2.24, 2.45) is 5.73 Å². The fourth-order valence-electron chi connectivity index (χ4n) is 4.25. The first-order valence-electron chi connectivity index (χ1n) is 9.93. The Kier molecular flexibility index (Phi) is 4.30. The lowest BCUT2D eigenvalue weighted by atomic mass is 9.97. The molecule has 0 saturated carbocycles. The van der Waals surface area contributed by atoms with E-state index < -0.39 is 0 Å². The van der Waals surface area contributed by atoms with Crippen molar-refractivity contribution in [3.63, 3.8) is 0 Å². The highest BCUT2D eigenvalue weighted by atomic mass is 14.7. The molecule has 0 saturated heterocycles. The number of H-pyrrole nitrogens is 1. The van der Waals surface area contributed by atoms with Gasteiger partial charge in [0.2, 0.25) is 0 Å². The second-order valence-corrected chi connectivity index (χ2v) is 7.31. The van der Waals surface area contributed by atoms with Crippen molar-refractivity contribution in [3.8, 4) is 11.3 Å². The molecule has 138 valence electrons. The largest absolute Gasteiger partial charge is 0.354 e. The van der Waals surface area contributed by atoms with E-state index in [2.05, 4.69) is 70.6 Å². The molecule has 3 N–H and O–H groups in total. The lowest BCUT2D eigenvalue weighted by Gasteiger charge is -2.08. The second kappa shape index (κ2) is 7.10. The van der Waals surface area contributed by atoms with E-state index in [4.69, 9.17) is 5.73 Å². The topological polar surface area (TPSA) is 54.7 Å². The summed E-state index contributed by atoms with van der Waals surface area (Å²) < 4.78 is 0. The molecule has 0 aliphatic heterocycles. The first-order chi connectivity index (χ1) is 13.9. The Morgan fingerprint density at radius 3 is 2.61 bits per heavy atom. The molecule has 0 spiro atoms. The summed E-state index contributed by atoms with van der Waals surface area (Å²) in [6.45, 7) is 0.735. The number of unbranched alkanes of at least 4 members (excludes halogenated alkanes) is 1. The van der Waals surface area contributed by atoms with Crippen LogP contribution in [0.3, 0.4) is 0 Å². The van der Waals surface area contributed by atoms with Crippen LogP contribution in [0.2, 0.25) is 0 Å². The zero-order valence-corrected chi connectivity index (χ0v) is 15.8. The molecule has 3 aromatic carbocycles. The van der Waals surface area contributed by atoms with Gasteiger partial charge in [0, 0.05) is 27.9 Å². The molecule has 0 unspecified atom stereocenters. The van der Waals surface area contributed by atoms with Gasteiger partial charge in [-0.25, -0.2) is 0 Å². The van der Waals surface area contributed by atoms with Gasteiger partial charge in [0.05, 0.1) is 16.7 Å². The summed E-state index contributed by atoms with van der Waals surface area (Å²) in [6.07, 6.45) is 5.00. The summed E-state index contributed by atoms with van der Waals surface area (Å²) in [6, 6.07) is 23.6. The highest BCUT2D eigenvalue weighted by Crippen LogP contribution is 2.37. The zero-order chi connectivity index (χ0) is 18.9. The first-order valence-corrected chi connectivity index (χ1v) is 9.93. The lowest BCUT2D eigenvalue weighted by Crippen LogP contribution is -1.99. The number of pyridine rings is 1. The second-order valence-electron chi connectivity index (χ2n) is 7.31. The maximum Gasteiger partial charge on any atom is 0.0708 e. The van der Waals surface area contributed by atoms with Gasteiger partial charge in [0.1, 0.15) is 0 Å². The number of benzene rings is 3. The molecule has 5 rings (SSSR count). The predicted octanol–water partition coefficient (Wildman–Crippen LogP) is 5.82. The molecule has 3 nitrogen and oxygen atoms in total. The molecular weight excluding hydrogens is 342 g/mol. The van der Waals surface area contributed by atoms with Gasteiger partial charge in [0.15, 0.2) is 0 Å². The maximum atomic E-state index is 5.76. The van der Waals surface area contributed by atoms with Gasteiger partial charge in [-0.05, 0) is 48.9 Å². The van der Waals surface area contributed by atoms with Gasteiger partial charge >= 0.3 is 0 Å². The zero-order valence-electron chi connectivity index (χ0n) is 15.8. The van der Waals surface area contributed by atoms with E-state index in [1.165, 1.54) is 43.9 Å². The van der Waals surface area contributed by atoms with Crippen molar-refractivity contribution in [2.75, 3.05) is 6.54 Å². The minimum atomic E-state index is 0.735. The average molecular weight is 365 g/mol. The number of rotatable bonds is 5. The van der Waals surface area contributed by atoms with Crippen molar-refractivity contribution >= 4 is 32.6 Å².